The highest BCUT2D eigenvalue weighted by molar-refractivity contribution is 14.1. The number of rotatable bonds is 2. The van der Waals surface area contributed by atoms with Crippen LogP contribution in [0.1, 0.15) is 23.0 Å². The van der Waals surface area contributed by atoms with E-state index in [0.29, 0.717) is 3.70 Å². The lowest BCUT2D eigenvalue weighted by Gasteiger charge is -2.06. The van der Waals surface area contributed by atoms with E-state index in [0.717, 1.165) is 12.1 Å². The number of hydrogen-bond donors (Lipinski definition) is 0. The van der Waals surface area contributed by atoms with E-state index in [1.807, 2.05) is 22.6 Å². The first-order valence-corrected chi connectivity index (χ1v) is 6.34. The SMILES string of the molecule is CCOC(=O)c1nc2cc(C(F)(F)F)ccn2c1I. The Hall–Kier alpha value is -1.32. The molecular weight excluding hydrogens is 376 g/mol. The van der Waals surface area contributed by atoms with Crippen LogP contribution in [0.5, 0.6) is 0 Å². The van der Waals surface area contributed by atoms with Gasteiger partial charge in [0.05, 0.1) is 12.2 Å². The lowest BCUT2D eigenvalue weighted by molar-refractivity contribution is -0.137. The average Bonchev–Trinajstić information content (AvgIpc) is 2.66. The summed E-state index contributed by atoms with van der Waals surface area (Å²) in [6.07, 6.45) is -3.21. The minimum absolute atomic E-state index is 0.0155. The van der Waals surface area contributed by atoms with E-state index >= 15 is 0 Å². The number of aromatic nitrogens is 2. The number of fused-ring (bicyclic) bond motifs is 1. The highest BCUT2D eigenvalue weighted by atomic mass is 127. The number of esters is 1. The summed E-state index contributed by atoms with van der Waals surface area (Å²) in [6, 6.07) is 1.83. The van der Waals surface area contributed by atoms with E-state index in [4.69, 9.17) is 4.74 Å². The third kappa shape index (κ3) is 2.67. The molecule has 0 atom stereocenters. The molecule has 2 rings (SSSR count). The number of alkyl halides is 3. The van der Waals surface area contributed by atoms with Gasteiger partial charge in [-0.2, -0.15) is 13.2 Å². The van der Waals surface area contributed by atoms with E-state index in [2.05, 4.69) is 4.98 Å². The van der Waals surface area contributed by atoms with Gasteiger partial charge in [-0.15, -0.1) is 0 Å². The first-order chi connectivity index (χ1) is 8.84. The summed E-state index contributed by atoms with van der Waals surface area (Å²) in [5, 5.41) is 0. The number of nitrogens with zero attached hydrogens (tertiary/aromatic N) is 2. The molecule has 0 spiro atoms. The predicted octanol–water partition coefficient (Wildman–Crippen LogP) is 3.13. The Balaban J connectivity index is 2.54. The third-order valence-corrected chi connectivity index (χ3v) is 3.39. The van der Waals surface area contributed by atoms with E-state index in [1.165, 1.54) is 10.6 Å². The standard InChI is InChI=1S/C11H8F3IN2O2/c1-2-19-10(18)8-9(15)17-4-3-6(11(12,13)14)5-7(17)16-8/h3-5H,2H2,1H3. The Labute approximate surface area is 119 Å². The van der Waals surface area contributed by atoms with Crippen LogP contribution in [0.15, 0.2) is 18.3 Å². The smallest absolute Gasteiger partial charge is 0.416 e. The number of hydrogen-bond acceptors (Lipinski definition) is 3. The molecule has 0 aliphatic carbocycles. The van der Waals surface area contributed by atoms with Crippen LogP contribution in [0, 0.1) is 3.70 Å². The molecule has 0 saturated carbocycles. The minimum atomic E-state index is -4.44. The van der Waals surface area contributed by atoms with Gasteiger partial charge in [-0.1, -0.05) is 0 Å². The molecule has 8 heteroatoms. The van der Waals surface area contributed by atoms with Gasteiger partial charge in [0.2, 0.25) is 0 Å². The largest absolute Gasteiger partial charge is 0.461 e. The van der Waals surface area contributed by atoms with Crippen molar-refractivity contribution < 1.29 is 22.7 Å². The zero-order chi connectivity index (χ0) is 14.2. The highest BCUT2D eigenvalue weighted by Gasteiger charge is 2.31. The summed E-state index contributed by atoms with van der Waals surface area (Å²) in [5.41, 5.74) is -0.735. The lowest BCUT2D eigenvalue weighted by Crippen LogP contribution is -2.07. The summed E-state index contributed by atoms with van der Waals surface area (Å²) >= 11 is 1.84. The van der Waals surface area contributed by atoms with Crippen LogP contribution in [-0.2, 0) is 10.9 Å². The second kappa shape index (κ2) is 4.99. The van der Waals surface area contributed by atoms with Crippen molar-refractivity contribution in [3.63, 3.8) is 0 Å². The fourth-order valence-electron chi connectivity index (χ4n) is 1.52. The van der Waals surface area contributed by atoms with Crippen LogP contribution in [0.4, 0.5) is 13.2 Å². The first-order valence-electron chi connectivity index (χ1n) is 5.26. The van der Waals surface area contributed by atoms with Crippen LogP contribution in [0.2, 0.25) is 0 Å². The summed E-state index contributed by atoms with van der Waals surface area (Å²) in [6.45, 7) is 1.82. The molecule has 4 nitrogen and oxygen atoms in total. The van der Waals surface area contributed by atoms with Crippen molar-refractivity contribution >= 4 is 34.2 Å². The Bertz CT molecular complexity index is 637. The van der Waals surface area contributed by atoms with Crippen molar-refractivity contribution in [2.24, 2.45) is 0 Å². The van der Waals surface area contributed by atoms with Gasteiger partial charge in [0.25, 0.3) is 0 Å². The number of imidazole rings is 1. The third-order valence-electron chi connectivity index (χ3n) is 2.36. The molecular formula is C11H8F3IN2O2. The fourth-order valence-corrected chi connectivity index (χ4v) is 2.27. The zero-order valence-electron chi connectivity index (χ0n) is 9.66. The van der Waals surface area contributed by atoms with E-state index in [1.54, 1.807) is 6.92 Å². The Kier molecular flexibility index (Phi) is 3.70. The second-order valence-corrected chi connectivity index (χ2v) is 4.63. The average molecular weight is 384 g/mol. The van der Waals surface area contributed by atoms with Crippen molar-refractivity contribution in [3.05, 3.63) is 33.3 Å². The van der Waals surface area contributed by atoms with Crippen molar-refractivity contribution in [1.82, 2.24) is 9.38 Å². The van der Waals surface area contributed by atoms with Gasteiger partial charge in [-0.3, -0.25) is 4.40 Å². The Morgan fingerprint density at radius 1 is 1.53 bits per heavy atom. The topological polar surface area (TPSA) is 43.6 Å². The van der Waals surface area contributed by atoms with Gasteiger partial charge in [0.1, 0.15) is 9.35 Å². The number of halogens is 4. The van der Waals surface area contributed by atoms with Gasteiger partial charge < -0.3 is 4.74 Å². The number of pyridine rings is 1. The quantitative estimate of drug-likeness (QED) is 0.591. The molecule has 0 saturated heterocycles. The van der Waals surface area contributed by atoms with Crippen LogP contribution in [0.3, 0.4) is 0 Å². The van der Waals surface area contributed by atoms with Crippen LogP contribution < -0.4 is 0 Å². The summed E-state index contributed by atoms with van der Waals surface area (Å²) < 4.78 is 44.3. The molecule has 0 aliphatic heterocycles. The molecule has 0 N–H and O–H groups in total. The second-order valence-electron chi connectivity index (χ2n) is 3.61. The molecule has 2 aromatic heterocycles. The first kappa shape index (κ1) is 14.1. The van der Waals surface area contributed by atoms with Crippen molar-refractivity contribution in [2.75, 3.05) is 6.61 Å². The molecule has 0 fully saturated rings. The highest BCUT2D eigenvalue weighted by Crippen LogP contribution is 2.30. The van der Waals surface area contributed by atoms with E-state index in [-0.39, 0.29) is 17.9 Å². The normalized spacial score (nSPS) is 11.8. The molecule has 19 heavy (non-hydrogen) atoms. The molecule has 0 bridgehead atoms. The summed E-state index contributed by atoms with van der Waals surface area (Å²) in [4.78, 5) is 15.5. The molecule has 0 radical (unpaired) electrons. The maximum Gasteiger partial charge on any atom is 0.416 e. The van der Waals surface area contributed by atoms with Gasteiger partial charge in [-0.25, -0.2) is 9.78 Å². The van der Waals surface area contributed by atoms with Gasteiger partial charge in [-0.05, 0) is 41.6 Å². The van der Waals surface area contributed by atoms with Crippen LogP contribution in [0.25, 0.3) is 5.65 Å². The van der Waals surface area contributed by atoms with Crippen LogP contribution in [-0.4, -0.2) is 22.0 Å². The van der Waals surface area contributed by atoms with Crippen LogP contribution >= 0.6 is 22.6 Å². The zero-order valence-corrected chi connectivity index (χ0v) is 11.8. The maximum atomic E-state index is 12.6. The van der Waals surface area contributed by atoms with E-state index in [9.17, 15) is 18.0 Å². The Morgan fingerprint density at radius 3 is 2.79 bits per heavy atom. The molecule has 2 aromatic rings. The molecule has 0 aromatic carbocycles. The van der Waals surface area contributed by atoms with Crippen molar-refractivity contribution in [3.8, 4) is 0 Å². The van der Waals surface area contributed by atoms with Gasteiger partial charge in [0, 0.05) is 6.20 Å². The molecule has 0 unspecified atom stereocenters. The van der Waals surface area contributed by atoms with Gasteiger partial charge in [0.15, 0.2) is 5.69 Å². The molecule has 2 heterocycles. The lowest BCUT2D eigenvalue weighted by atomic mass is 10.2. The molecule has 0 aliphatic rings. The minimum Gasteiger partial charge on any atom is -0.461 e. The monoisotopic (exact) mass is 384 g/mol. The van der Waals surface area contributed by atoms with Crippen molar-refractivity contribution in [1.29, 1.82) is 0 Å². The summed E-state index contributed by atoms with van der Waals surface area (Å²) in [7, 11) is 0. The number of carbonyl (C=O) groups excluding carboxylic acids is 1. The fraction of sp³-hybridized carbons (Fsp3) is 0.273. The predicted molar refractivity (Wildman–Crippen MR) is 68.9 cm³/mol. The Morgan fingerprint density at radius 2 is 2.21 bits per heavy atom. The maximum absolute atomic E-state index is 12.6. The van der Waals surface area contributed by atoms with Gasteiger partial charge >= 0.3 is 12.1 Å². The van der Waals surface area contributed by atoms with Crippen molar-refractivity contribution in [2.45, 2.75) is 13.1 Å². The summed E-state index contributed by atoms with van der Waals surface area (Å²) in [5.74, 6) is -0.649. The molecule has 0 amide bonds. The number of ether oxygens (including phenoxy) is 1. The number of carbonyl (C=O) groups is 1. The molecule has 102 valence electrons. The van der Waals surface area contributed by atoms with E-state index < -0.39 is 17.7 Å².